The predicted octanol–water partition coefficient (Wildman–Crippen LogP) is -0.756. The second-order valence-corrected chi connectivity index (χ2v) is 8.95. The molecule has 8 heteroatoms. The van der Waals surface area contributed by atoms with Crippen LogP contribution in [0.3, 0.4) is 0 Å². The molecule has 158 valence electrons. The molecule has 1 saturated carbocycles. The summed E-state index contributed by atoms with van der Waals surface area (Å²) in [6.45, 7) is 0. The van der Waals surface area contributed by atoms with Gasteiger partial charge in [0, 0.05) is 24.0 Å². The molecule has 1 aliphatic carbocycles. The van der Waals surface area contributed by atoms with Gasteiger partial charge in [-0.05, 0) is 25.3 Å². The van der Waals surface area contributed by atoms with Crippen molar-refractivity contribution in [3.63, 3.8) is 0 Å². The van der Waals surface area contributed by atoms with Crippen LogP contribution in [0.2, 0.25) is 0 Å². The van der Waals surface area contributed by atoms with E-state index in [4.69, 9.17) is 0 Å². The molecule has 1 aromatic rings. The highest BCUT2D eigenvalue weighted by Gasteiger charge is 2.74. The summed E-state index contributed by atoms with van der Waals surface area (Å²) in [6, 6.07) is 6.66. The standard InChI is InChI=1S/C22H25N3O5/c26-16(27)11-10-15-17-18(20(29)25(19(17)28)12-6-2-1-3-7-12)22(24-15)13-8-4-5-9-14(13)23-21(22)30/h4-5,8-9,12,15,17-18,24H,1-3,6-7,10-11H2,(H,23,30)(H,26,27)/t15-,17-,18+,22-/m1/s1. The number of fused-ring (bicyclic) bond motifs is 4. The molecule has 4 aliphatic rings. The second-order valence-electron chi connectivity index (χ2n) is 8.95. The van der Waals surface area contributed by atoms with Crippen LogP contribution in [0.5, 0.6) is 0 Å². The van der Waals surface area contributed by atoms with Crippen LogP contribution < -0.4 is 15.7 Å². The lowest BCUT2D eigenvalue weighted by Crippen LogP contribution is -2.99. The zero-order chi connectivity index (χ0) is 21.0. The normalized spacial score (nSPS) is 33.1. The van der Waals surface area contributed by atoms with Gasteiger partial charge in [-0.3, -0.25) is 19.3 Å². The average Bonchev–Trinajstić information content (AvgIpc) is 3.32. The van der Waals surface area contributed by atoms with Crippen LogP contribution in [-0.4, -0.2) is 40.7 Å². The van der Waals surface area contributed by atoms with E-state index in [1.54, 1.807) is 11.4 Å². The van der Waals surface area contributed by atoms with Crippen LogP contribution >= 0.6 is 0 Å². The Morgan fingerprint density at radius 2 is 1.87 bits per heavy atom. The van der Waals surface area contributed by atoms with E-state index in [9.17, 15) is 24.3 Å². The van der Waals surface area contributed by atoms with Crippen molar-refractivity contribution < 1.29 is 29.6 Å². The number of para-hydroxylation sites is 1. The van der Waals surface area contributed by atoms with Crippen LogP contribution in [-0.2, 0) is 24.7 Å². The number of rotatable bonds is 4. The third-order valence-electron chi connectivity index (χ3n) is 7.43. The maximum Gasteiger partial charge on any atom is 0.291 e. The SMILES string of the molecule is O=C([O-])CC[C@H]1[NH2+][C@@]2(C(=O)Nc3ccccc32)[C@@H]2C(=O)N(C3CCCCC3)C(=O)[C@@H]21. The van der Waals surface area contributed by atoms with Crippen molar-refractivity contribution in [2.45, 2.75) is 62.6 Å². The van der Waals surface area contributed by atoms with Crippen LogP contribution in [0.4, 0.5) is 5.69 Å². The molecule has 0 radical (unpaired) electrons. The Morgan fingerprint density at radius 3 is 2.60 bits per heavy atom. The van der Waals surface area contributed by atoms with Gasteiger partial charge in [0.2, 0.25) is 17.4 Å². The zero-order valence-corrected chi connectivity index (χ0v) is 16.6. The zero-order valence-electron chi connectivity index (χ0n) is 16.6. The molecular formula is C22H25N3O5. The third kappa shape index (κ3) is 2.56. The smallest absolute Gasteiger partial charge is 0.291 e. The fourth-order valence-electron chi connectivity index (χ4n) is 6.19. The van der Waals surface area contributed by atoms with Crippen LogP contribution in [0.1, 0.15) is 50.5 Å². The number of imide groups is 1. The molecular weight excluding hydrogens is 386 g/mol. The van der Waals surface area contributed by atoms with Crippen molar-refractivity contribution in [2.75, 3.05) is 5.32 Å². The van der Waals surface area contributed by atoms with Gasteiger partial charge in [-0.2, -0.15) is 0 Å². The molecule has 3 amide bonds. The van der Waals surface area contributed by atoms with E-state index >= 15 is 0 Å². The number of carbonyl (C=O) groups is 4. The van der Waals surface area contributed by atoms with Gasteiger partial charge in [0.05, 0.1) is 5.69 Å². The van der Waals surface area contributed by atoms with Crippen LogP contribution in [0.25, 0.3) is 0 Å². The van der Waals surface area contributed by atoms with Crippen molar-refractivity contribution in [2.24, 2.45) is 11.8 Å². The third-order valence-corrected chi connectivity index (χ3v) is 7.43. The maximum atomic E-state index is 13.7. The minimum atomic E-state index is -1.23. The maximum absolute atomic E-state index is 13.7. The first-order valence-electron chi connectivity index (χ1n) is 10.8. The molecule has 0 aromatic heterocycles. The topological polar surface area (TPSA) is 123 Å². The van der Waals surface area contributed by atoms with E-state index in [2.05, 4.69) is 5.32 Å². The molecule has 0 bridgehead atoms. The Bertz CT molecular complexity index is 940. The average molecular weight is 411 g/mol. The number of carboxylic acids is 1. The van der Waals surface area contributed by atoms with Gasteiger partial charge >= 0.3 is 0 Å². The minimum Gasteiger partial charge on any atom is -0.550 e. The number of carbonyl (C=O) groups excluding carboxylic acids is 4. The predicted molar refractivity (Wildman–Crippen MR) is 102 cm³/mol. The summed E-state index contributed by atoms with van der Waals surface area (Å²) < 4.78 is 0. The number of aliphatic carboxylic acids is 1. The molecule has 1 aromatic carbocycles. The molecule has 3 fully saturated rings. The summed E-state index contributed by atoms with van der Waals surface area (Å²) in [5.74, 6) is -3.54. The van der Waals surface area contributed by atoms with Gasteiger partial charge in [0.25, 0.3) is 5.91 Å². The molecule has 4 atom stereocenters. The molecule has 8 nitrogen and oxygen atoms in total. The van der Waals surface area contributed by atoms with Crippen molar-refractivity contribution in [1.29, 1.82) is 0 Å². The van der Waals surface area contributed by atoms with E-state index in [1.807, 2.05) is 18.2 Å². The number of hydrogen-bond acceptors (Lipinski definition) is 5. The number of nitrogens with one attached hydrogen (secondary N) is 1. The lowest BCUT2D eigenvalue weighted by Gasteiger charge is -2.32. The Labute approximate surface area is 174 Å². The van der Waals surface area contributed by atoms with Crippen LogP contribution in [0.15, 0.2) is 24.3 Å². The van der Waals surface area contributed by atoms with Gasteiger partial charge in [-0.15, -0.1) is 0 Å². The van der Waals surface area contributed by atoms with Crippen molar-refractivity contribution in [3.8, 4) is 0 Å². The fraction of sp³-hybridized carbons (Fsp3) is 0.545. The highest BCUT2D eigenvalue weighted by molar-refractivity contribution is 6.14. The Hall–Kier alpha value is -2.74. The fourth-order valence-corrected chi connectivity index (χ4v) is 6.19. The van der Waals surface area contributed by atoms with E-state index in [0.29, 0.717) is 11.3 Å². The second kappa shape index (κ2) is 6.91. The number of benzene rings is 1. The first kappa shape index (κ1) is 19.2. The van der Waals surface area contributed by atoms with Gasteiger partial charge in [0.15, 0.2) is 0 Å². The lowest BCUT2D eigenvalue weighted by molar-refractivity contribution is -0.734. The molecule has 3 heterocycles. The number of nitrogens with two attached hydrogens (primary N) is 1. The Balaban J connectivity index is 1.59. The lowest BCUT2D eigenvalue weighted by atomic mass is 9.76. The highest BCUT2D eigenvalue weighted by atomic mass is 16.4. The molecule has 5 rings (SSSR count). The number of hydrogen-bond donors (Lipinski definition) is 2. The van der Waals surface area contributed by atoms with Gasteiger partial charge < -0.3 is 20.5 Å². The van der Waals surface area contributed by atoms with Gasteiger partial charge in [-0.25, -0.2) is 0 Å². The summed E-state index contributed by atoms with van der Waals surface area (Å²) in [4.78, 5) is 53.0. The largest absolute Gasteiger partial charge is 0.550 e. The van der Waals surface area contributed by atoms with E-state index in [1.165, 1.54) is 4.90 Å². The number of quaternary nitrogens is 1. The molecule has 1 spiro atoms. The number of nitrogens with zero attached hydrogens (tertiary/aromatic N) is 1. The number of anilines is 1. The summed E-state index contributed by atoms with van der Waals surface area (Å²) in [5.41, 5.74) is 0.121. The summed E-state index contributed by atoms with van der Waals surface area (Å²) in [5, 5.41) is 15.8. The van der Waals surface area contributed by atoms with Crippen molar-refractivity contribution in [3.05, 3.63) is 29.8 Å². The summed E-state index contributed by atoms with van der Waals surface area (Å²) in [7, 11) is 0. The van der Waals surface area contributed by atoms with E-state index in [0.717, 1.165) is 32.1 Å². The number of carboxylic acid groups (broad SMARTS) is 1. The quantitative estimate of drug-likeness (QED) is 0.631. The summed E-state index contributed by atoms with van der Waals surface area (Å²) in [6.07, 6.45) is 4.60. The van der Waals surface area contributed by atoms with E-state index < -0.39 is 29.4 Å². The Morgan fingerprint density at radius 1 is 1.13 bits per heavy atom. The van der Waals surface area contributed by atoms with Gasteiger partial charge in [0.1, 0.15) is 17.9 Å². The first-order chi connectivity index (χ1) is 14.4. The molecule has 3 aliphatic heterocycles. The number of amides is 3. The molecule has 30 heavy (non-hydrogen) atoms. The Kier molecular flexibility index (Phi) is 4.43. The number of likely N-dealkylation sites (tertiary alicyclic amines) is 1. The van der Waals surface area contributed by atoms with Crippen molar-refractivity contribution in [1.82, 2.24) is 4.90 Å². The highest BCUT2D eigenvalue weighted by Crippen LogP contribution is 2.50. The molecule has 2 saturated heterocycles. The van der Waals surface area contributed by atoms with Crippen LogP contribution in [0, 0.1) is 11.8 Å². The van der Waals surface area contributed by atoms with Gasteiger partial charge in [-0.1, -0.05) is 37.5 Å². The monoisotopic (exact) mass is 411 g/mol. The van der Waals surface area contributed by atoms with Crippen molar-refractivity contribution >= 4 is 29.4 Å². The summed E-state index contributed by atoms with van der Waals surface area (Å²) >= 11 is 0. The first-order valence-corrected chi connectivity index (χ1v) is 10.8. The minimum absolute atomic E-state index is 0.122. The molecule has 3 N–H and O–H groups in total. The molecule has 0 unspecified atom stereocenters. The van der Waals surface area contributed by atoms with E-state index in [-0.39, 0.29) is 36.6 Å².